The molecular weight excluding hydrogens is 414 g/mol. The minimum Gasteiger partial charge on any atom is -0.743 e. The first-order valence-corrected chi connectivity index (χ1v) is 11.4. The maximum Gasteiger partial charge on any atom is 0.428 e. The van der Waals surface area contributed by atoms with E-state index in [2.05, 4.69) is 0 Å². The summed E-state index contributed by atoms with van der Waals surface area (Å²) in [6.07, 6.45) is 2.48. The number of carbonyl (C=O) groups is 1. The van der Waals surface area contributed by atoms with Crippen molar-refractivity contribution in [3.63, 3.8) is 0 Å². The van der Waals surface area contributed by atoms with Gasteiger partial charge in [0, 0.05) is 18.3 Å². The summed E-state index contributed by atoms with van der Waals surface area (Å²) < 4.78 is 69.9. The maximum atomic E-state index is 13.6. The molecule has 2 N–H and O–H groups in total. The molecule has 0 aromatic carbocycles. The molecule has 2 saturated carbocycles. The highest BCUT2D eigenvalue weighted by Gasteiger charge is 2.67. The topological polar surface area (TPSA) is 133 Å². The Morgan fingerprint density at radius 1 is 1.03 bits per heavy atom. The zero-order valence-corrected chi connectivity index (χ0v) is 16.6. The van der Waals surface area contributed by atoms with Crippen molar-refractivity contribution >= 4 is 16.1 Å². The Hall–Kier alpha value is -0.880. The molecule has 5 unspecified atom stereocenters. The Morgan fingerprint density at radius 3 is 2.00 bits per heavy atom. The minimum atomic E-state index is -6.22. The van der Waals surface area contributed by atoms with E-state index in [1.165, 1.54) is 0 Å². The summed E-state index contributed by atoms with van der Waals surface area (Å²) in [7, 11) is -6.22. The van der Waals surface area contributed by atoms with Gasteiger partial charge in [0.05, 0.1) is 17.3 Å². The molecule has 8 nitrogen and oxygen atoms in total. The van der Waals surface area contributed by atoms with Crippen molar-refractivity contribution in [2.24, 2.45) is 11.8 Å². The van der Waals surface area contributed by atoms with Gasteiger partial charge in [-0.1, -0.05) is 25.7 Å². The maximum absolute atomic E-state index is 13.6. The molecule has 0 aromatic rings. The van der Waals surface area contributed by atoms with Gasteiger partial charge in [-0.2, -0.15) is 8.78 Å². The van der Waals surface area contributed by atoms with Gasteiger partial charge in [0.15, 0.2) is 10.1 Å². The van der Waals surface area contributed by atoms with E-state index in [-0.39, 0.29) is 6.42 Å². The van der Waals surface area contributed by atoms with Gasteiger partial charge >= 0.3 is 11.2 Å². The summed E-state index contributed by atoms with van der Waals surface area (Å²) in [5, 5.41) is 17.3. The lowest BCUT2D eigenvalue weighted by atomic mass is 9.62. The zero-order chi connectivity index (χ0) is 21.2. The quantitative estimate of drug-likeness (QED) is 0.480. The van der Waals surface area contributed by atoms with E-state index in [0.717, 1.165) is 25.7 Å². The van der Waals surface area contributed by atoms with Crippen LogP contribution in [-0.4, -0.2) is 63.9 Å². The third-order valence-electron chi connectivity index (χ3n) is 7.29. The van der Waals surface area contributed by atoms with E-state index in [9.17, 15) is 36.8 Å². The van der Waals surface area contributed by atoms with Crippen LogP contribution >= 0.6 is 0 Å². The number of hydrogen-bond donors (Lipinski definition) is 2. The summed E-state index contributed by atoms with van der Waals surface area (Å²) in [6.45, 7) is 0. The number of fused-ring (bicyclic) bond motifs is 2. The molecule has 4 fully saturated rings. The van der Waals surface area contributed by atoms with Crippen molar-refractivity contribution < 1.29 is 46.2 Å². The molecular formula is C18H25F2O8S-. The second-order valence-corrected chi connectivity index (χ2v) is 10.4. The van der Waals surface area contributed by atoms with Crippen molar-refractivity contribution in [2.45, 2.75) is 92.6 Å². The van der Waals surface area contributed by atoms with Crippen LogP contribution in [0.3, 0.4) is 0 Å². The second kappa shape index (κ2) is 6.81. The molecule has 0 spiro atoms. The Kier molecular flexibility index (Phi) is 5.02. The fraction of sp³-hybridized carbons (Fsp3) is 0.944. The third kappa shape index (κ3) is 3.29. The predicted octanol–water partition coefficient (Wildman–Crippen LogP) is 1.05. The molecule has 0 amide bonds. The fourth-order valence-corrected chi connectivity index (χ4v) is 6.33. The Balaban J connectivity index is 1.60. The normalized spacial score (nSPS) is 38.4. The molecule has 2 aliphatic heterocycles. The molecule has 166 valence electrons. The van der Waals surface area contributed by atoms with Crippen molar-refractivity contribution in [2.75, 3.05) is 0 Å². The van der Waals surface area contributed by atoms with Crippen molar-refractivity contribution in [3.8, 4) is 0 Å². The van der Waals surface area contributed by atoms with E-state index in [1.54, 1.807) is 0 Å². The van der Waals surface area contributed by atoms with Crippen LogP contribution in [0.4, 0.5) is 8.78 Å². The number of esters is 1. The number of halogens is 2. The molecule has 0 radical (unpaired) electrons. The van der Waals surface area contributed by atoms with Crippen LogP contribution in [0.1, 0.15) is 57.8 Å². The van der Waals surface area contributed by atoms with E-state index in [4.69, 9.17) is 9.47 Å². The second-order valence-electron chi connectivity index (χ2n) is 8.96. The average Bonchev–Trinajstić information content (AvgIpc) is 3.37. The first kappa shape index (κ1) is 21.4. The molecule has 2 bridgehead atoms. The largest absolute Gasteiger partial charge is 0.743 e. The van der Waals surface area contributed by atoms with Gasteiger partial charge in [-0.3, -0.25) is 0 Å². The van der Waals surface area contributed by atoms with Crippen LogP contribution < -0.4 is 0 Å². The Labute approximate surface area is 167 Å². The monoisotopic (exact) mass is 439 g/mol. The highest BCUT2D eigenvalue weighted by molar-refractivity contribution is 7.87. The zero-order valence-electron chi connectivity index (χ0n) is 15.8. The van der Waals surface area contributed by atoms with E-state index < -0.39 is 62.7 Å². The van der Waals surface area contributed by atoms with E-state index >= 15 is 0 Å². The highest BCUT2D eigenvalue weighted by Crippen LogP contribution is 2.58. The molecule has 4 aliphatic rings. The van der Waals surface area contributed by atoms with Crippen LogP contribution in [-0.2, 0) is 24.4 Å². The lowest BCUT2D eigenvalue weighted by Crippen LogP contribution is -2.57. The van der Waals surface area contributed by atoms with E-state index in [0.29, 0.717) is 25.7 Å². The Morgan fingerprint density at radius 2 is 1.52 bits per heavy atom. The molecule has 5 atom stereocenters. The van der Waals surface area contributed by atoms with Gasteiger partial charge in [0.25, 0.3) is 0 Å². The van der Waals surface area contributed by atoms with Crippen LogP contribution in [0.2, 0.25) is 0 Å². The Bertz CT molecular complexity index is 773. The molecule has 2 saturated heterocycles. The average molecular weight is 439 g/mol. The first-order chi connectivity index (χ1) is 13.4. The van der Waals surface area contributed by atoms with Crippen LogP contribution in [0, 0.1) is 11.8 Å². The molecule has 29 heavy (non-hydrogen) atoms. The summed E-state index contributed by atoms with van der Waals surface area (Å²) in [6, 6.07) is 0. The van der Waals surface area contributed by atoms with Gasteiger partial charge in [-0.15, -0.1) is 0 Å². The highest BCUT2D eigenvalue weighted by atomic mass is 32.2. The summed E-state index contributed by atoms with van der Waals surface area (Å²) in [5.41, 5.74) is -2.22. The van der Waals surface area contributed by atoms with Crippen molar-refractivity contribution in [1.29, 1.82) is 0 Å². The lowest BCUT2D eigenvalue weighted by Gasteiger charge is -2.46. The van der Waals surface area contributed by atoms with Crippen molar-refractivity contribution in [3.05, 3.63) is 0 Å². The van der Waals surface area contributed by atoms with Gasteiger partial charge in [-0.25, -0.2) is 13.2 Å². The molecule has 2 heterocycles. The van der Waals surface area contributed by atoms with E-state index in [1.807, 2.05) is 0 Å². The van der Waals surface area contributed by atoms with Gasteiger partial charge < -0.3 is 24.2 Å². The van der Waals surface area contributed by atoms with Crippen LogP contribution in [0.25, 0.3) is 0 Å². The molecule has 2 aliphatic carbocycles. The number of ether oxygens (including phenoxy) is 2. The van der Waals surface area contributed by atoms with Crippen LogP contribution in [0.15, 0.2) is 0 Å². The SMILES string of the molecule is O=C(OC1CC2OC1C(C1(O)CCCC1)C2C1(O)CCCC1)C(F)(F)S(=O)(=O)[O-]. The number of alkyl halides is 2. The predicted molar refractivity (Wildman–Crippen MR) is 91.6 cm³/mol. The standard InChI is InChI=1S/C18H26F2O8S/c19-18(20,29(24,25)26)15(21)28-11-9-10-12(16(22)5-1-2-6-16)13(14(11)27-10)17(23)7-3-4-8-17/h10-14,22-23H,1-9H2,(H,24,25,26)/p-1. The molecule has 0 aromatic heterocycles. The van der Waals surface area contributed by atoms with Gasteiger partial charge in [0.1, 0.15) is 12.2 Å². The smallest absolute Gasteiger partial charge is 0.428 e. The number of hydrogen-bond acceptors (Lipinski definition) is 8. The number of aliphatic hydroxyl groups is 2. The minimum absolute atomic E-state index is 0.00491. The van der Waals surface area contributed by atoms with Gasteiger partial charge in [0.2, 0.25) is 0 Å². The lowest BCUT2D eigenvalue weighted by molar-refractivity contribution is -0.177. The molecule has 4 rings (SSSR count). The van der Waals surface area contributed by atoms with Crippen molar-refractivity contribution in [1.82, 2.24) is 0 Å². The number of carbonyl (C=O) groups excluding carboxylic acids is 1. The van der Waals surface area contributed by atoms with Crippen LogP contribution in [0.5, 0.6) is 0 Å². The summed E-state index contributed by atoms with van der Waals surface area (Å²) in [4.78, 5) is 11.7. The molecule has 11 heteroatoms. The summed E-state index contributed by atoms with van der Waals surface area (Å²) >= 11 is 0. The van der Waals surface area contributed by atoms with Gasteiger partial charge in [-0.05, 0) is 25.7 Å². The third-order valence-corrected chi connectivity index (χ3v) is 8.09. The first-order valence-electron chi connectivity index (χ1n) is 10.0. The fourth-order valence-electron chi connectivity index (χ4n) is 6.08. The summed E-state index contributed by atoms with van der Waals surface area (Å²) in [5.74, 6) is -3.47. The number of rotatable bonds is 5.